The molecule has 1 aromatic heterocycles. The SMILES string of the molecule is CCn1ccc(CN(C)C(=O)c2ccccc2C(=O)c2ccc(Cl)cc2)n1. The highest BCUT2D eigenvalue weighted by molar-refractivity contribution is 6.30. The molecule has 1 heterocycles. The van der Waals surface area contributed by atoms with Crippen LogP contribution in [0.5, 0.6) is 0 Å². The highest BCUT2D eigenvalue weighted by Crippen LogP contribution is 2.18. The van der Waals surface area contributed by atoms with Crippen LogP contribution in [0.1, 0.15) is 38.9 Å². The van der Waals surface area contributed by atoms with Crippen LogP contribution in [0.3, 0.4) is 0 Å². The van der Waals surface area contributed by atoms with Crippen molar-refractivity contribution in [3.63, 3.8) is 0 Å². The molecular formula is C21H20ClN3O2. The second kappa shape index (κ2) is 8.18. The van der Waals surface area contributed by atoms with Gasteiger partial charge in [0, 0.05) is 35.9 Å². The summed E-state index contributed by atoms with van der Waals surface area (Å²) in [6, 6.07) is 15.4. The molecule has 6 heteroatoms. The summed E-state index contributed by atoms with van der Waals surface area (Å²) in [5, 5.41) is 4.96. The van der Waals surface area contributed by atoms with E-state index in [4.69, 9.17) is 11.6 Å². The smallest absolute Gasteiger partial charge is 0.254 e. The monoisotopic (exact) mass is 381 g/mol. The summed E-state index contributed by atoms with van der Waals surface area (Å²) in [5.74, 6) is -0.432. The van der Waals surface area contributed by atoms with Crippen LogP contribution in [-0.4, -0.2) is 33.4 Å². The third-order valence-electron chi connectivity index (χ3n) is 4.27. The number of rotatable bonds is 6. The third-order valence-corrected chi connectivity index (χ3v) is 4.53. The van der Waals surface area contributed by atoms with E-state index >= 15 is 0 Å². The summed E-state index contributed by atoms with van der Waals surface area (Å²) in [4.78, 5) is 27.4. The van der Waals surface area contributed by atoms with E-state index in [0.29, 0.717) is 28.3 Å². The lowest BCUT2D eigenvalue weighted by Gasteiger charge is -2.18. The van der Waals surface area contributed by atoms with E-state index in [-0.39, 0.29) is 11.7 Å². The van der Waals surface area contributed by atoms with E-state index in [2.05, 4.69) is 5.10 Å². The number of benzene rings is 2. The highest BCUT2D eigenvalue weighted by Gasteiger charge is 2.21. The van der Waals surface area contributed by atoms with Crippen LogP contribution in [-0.2, 0) is 13.1 Å². The molecule has 0 fully saturated rings. The van der Waals surface area contributed by atoms with Gasteiger partial charge in [-0.3, -0.25) is 14.3 Å². The molecule has 0 saturated heterocycles. The Kier molecular flexibility index (Phi) is 5.72. The van der Waals surface area contributed by atoms with Gasteiger partial charge in [0.15, 0.2) is 5.78 Å². The normalized spacial score (nSPS) is 10.6. The number of nitrogens with zero attached hydrogens (tertiary/aromatic N) is 3. The van der Waals surface area contributed by atoms with Gasteiger partial charge in [-0.2, -0.15) is 5.10 Å². The van der Waals surface area contributed by atoms with Gasteiger partial charge in [-0.05, 0) is 43.3 Å². The molecular weight excluding hydrogens is 362 g/mol. The standard InChI is InChI=1S/C21H20ClN3O2/c1-3-25-13-12-17(23-25)14-24(2)21(27)19-7-5-4-6-18(19)20(26)15-8-10-16(22)11-9-15/h4-13H,3,14H2,1-2H3. The molecule has 2 aromatic carbocycles. The summed E-state index contributed by atoms with van der Waals surface area (Å²) < 4.78 is 1.81. The van der Waals surface area contributed by atoms with Crippen molar-refractivity contribution in [3.05, 3.63) is 88.2 Å². The number of hydrogen-bond donors (Lipinski definition) is 0. The van der Waals surface area contributed by atoms with Crippen LogP contribution < -0.4 is 0 Å². The van der Waals surface area contributed by atoms with Gasteiger partial charge in [0.05, 0.1) is 17.8 Å². The molecule has 1 amide bonds. The number of amides is 1. The minimum atomic E-state index is -0.223. The molecule has 0 aliphatic carbocycles. The predicted molar refractivity (Wildman–Crippen MR) is 105 cm³/mol. The maximum absolute atomic E-state index is 13.0. The van der Waals surface area contributed by atoms with E-state index in [1.165, 1.54) is 0 Å². The van der Waals surface area contributed by atoms with Crippen molar-refractivity contribution in [2.75, 3.05) is 7.05 Å². The van der Waals surface area contributed by atoms with Crippen LogP contribution >= 0.6 is 11.6 Å². The lowest BCUT2D eigenvalue weighted by atomic mass is 9.97. The number of halogens is 1. The quantitative estimate of drug-likeness (QED) is 0.605. The van der Waals surface area contributed by atoms with Crippen molar-refractivity contribution >= 4 is 23.3 Å². The van der Waals surface area contributed by atoms with Crippen molar-refractivity contribution in [2.45, 2.75) is 20.0 Å². The molecule has 5 nitrogen and oxygen atoms in total. The molecule has 0 atom stereocenters. The highest BCUT2D eigenvalue weighted by atomic mass is 35.5. The molecule has 0 aliphatic heterocycles. The second-order valence-electron chi connectivity index (χ2n) is 6.21. The largest absolute Gasteiger partial charge is 0.336 e. The summed E-state index contributed by atoms with van der Waals surface area (Å²) in [7, 11) is 1.71. The van der Waals surface area contributed by atoms with Gasteiger partial charge >= 0.3 is 0 Å². The zero-order valence-corrected chi connectivity index (χ0v) is 16.0. The molecule has 0 unspecified atom stereocenters. The van der Waals surface area contributed by atoms with Crippen molar-refractivity contribution in [1.29, 1.82) is 0 Å². The molecule has 0 aliphatic rings. The van der Waals surface area contributed by atoms with Crippen molar-refractivity contribution in [2.24, 2.45) is 0 Å². The fourth-order valence-electron chi connectivity index (χ4n) is 2.81. The molecule has 0 radical (unpaired) electrons. The van der Waals surface area contributed by atoms with Crippen molar-refractivity contribution in [1.82, 2.24) is 14.7 Å². The van der Waals surface area contributed by atoms with Crippen LogP contribution in [0.25, 0.3) is 0 Å². The predicted octanol–water partition coefficient (Wildman–Crippen LogP) is 4.06. The Hall–Kier alpha value is -2.92. The number of aryl methyl sites for hydroxylation is 1. The minimum Gasteiger partial charge on any atom is -0.336 e. The van der Waals surface area contributed by atoms with E-state index in [1.807, 2.05) is 23.9 Å². The summed E-state index contributed by atoms with van der Waals surface area (Å²) >= 11 is 5.90. The molecule has 0 saturated carbocycles. The van der Waals surface area contributed by atoms with Gasteiger partial charge < -0.3 is 4.90 Å². The van der Waals surface area contributed by atoms with E-state index in [1.54, 1.807) is 60.5 Å². The lowest BCUT2D eigenvalue weighted by molar-refractivity contribution is 0.0778. The Bertz CT molecular complexity index is 964. The van der Waals surface area contributed by atoms with Crippen LogP contribution in [0.4, 0.5) is 0 Å². The van der Waals surface area contributed by atoms with E-state index < -0.39 is 0 Å². The molecule has 27 heavy (non-hydrogen) atoms. The van der Waals surface area contributed by atoms with E-state index in [9.17, 15) is 9.59 Å². The Morgan fingerprint density at radius 1 is 1.04 bits per heavy atom. The first-order valence-corrected chi connectivity index (χ1v) is 9.04. The summed E-state index contributed by atoms with van der Waals surface area (Å²) in [6.45, 7) is 3.15. The summed E-state index contributed by atoms with van der Waals surface area (Å²) in [5.41, 5.74) is 2.03. The van der Waals surface area contributed by atoms with Gasteiger partial charge in [0.2, 0.25) is 0 Å². The maximum atomic E-state index is 13.0. The lowest BCUT2D eigenvalue weighted by Crippen LogP contribution is -2.28. The topological polar surface area (TPSA) is 55.2 Å². The first-order valence-electron chi connectivity index (χ1n) is 8.66. The van der Waals surface area contributed by atoms with Crippen LogP contribution in [0.2, 0.25) is 5.02 Å². The van der Waals surface area contributed by atoms with Crippen LogP contribution in [0, 0.1) is 0 Å². The molecule has 3 aromatic rings. The fourth-order valence-corrected chi connectivity index (χ4v) is 2.93. The minimum absolute atomic E-state index is 0.209. The molecule has 0 spiro atoms. The molecule has 138 valence electrons. The van der Waals surface area contributed by atoms with Crippen LogP contribution in [0.15, 0.2) is 60.8 Å². The van der Waals surface area contributed by atoms with Crippen molar-refractivity contribution < 1.29 is 9.59 Å². The maximum Gasteiger partial charge on any atom is 0.254 e. The van der Waals surface area contributed by atoms with Gasteiger partial charge in [-0.1, -0.05) is 29.8 Å². The zero-order chi connectivity index (χ0) is 19.4. The summed E-state index contributed by atoms with van der Waals surface area (Å²) in [6.07, 6.45) is 1.88. The third kappa shape index (κ3) is 4.26. The number of aromatic nitrogens is 2. The Labute approximate surface area is 163 Å². The molecule has 0 bridgehead atoms. The van der Waals surface area contributed by atoms with E-state index in [0.717, 1.165) is 12.2 Å². The van der Waals surface area contributed by atoms with Gasteiger partial charge in [0.1, 0.15) is 0 Å². The Balaban J connectivity index is 1.84. The zero-order valence-electron chi connectivity index (χ0n) is 15.2. The van der Waals surface area contributed by atoms with Gasteiger partial charge in [0.25, 0.3) is 5.91 Å². The average molecular weight is 382 g/mol. The van der Waals surface area contributed by atoms with Crippen molar-refractivity contribution in [3.8, 4) is 0 Å². The number of hydrogen-bond acceptors (Lipinski definition) is 3. The first-order chi connectivity index (χ1) is 13.0. The fraction of sp³-hybridized carbons (Fsp3) is 0.190. The molecule has 0 N–H and O–H groups in total. The Morgan fingerprint density at radius 2 is 1.70 bits per heavy atom. The first kappa shape index (κ1) is 18.9. The number of carbonyl (C=O) groups excluding carboxylic acids is 2. The second-order valence-corrected chi connectivity index (χ2v) is 6.64. The van der Waals surface area contributed by atoms with Gasteiger partial charge in [-0.25, -0.2) is 0 Å². The average Bonchev–Trinajstić information content (AvgIpc) is 3.15. The van der Waals surface area contributed by atoms with Gasteiger partial charge in [-0.15, -0.1) is 0 Å². The Morgan fingerprint density at radius 3 is 2.33 bits per heavy atom. The number of carbonyl (C=O) groups is 2. The number of ketones is 1. The molecule has 3 rings (SSSR count).